The van der Waals surface area contributed by atoms with Gasteiger partial charge in [-0.1, -0.05) is 6.08 Å². The predicted molar refractivity (Wildman–Crippen MR) is 66.3 cm³/mol. The van der Waals surface area contributed by atoms with E-state index in [9.17, 15) is 5.11 Å². The van der Waals surface area contributed by atoms with Crippen LogP contribution >= 0.6 is 11.3 Å². The number of nitrogens with one attached hydrogen (secondary N) is 1. The van der Waals surface area contributed by atoms with E-state index in [-0.39, 0.29) is 12.1 Å². The highest BCUT2D eigenvalue weighted by Gasteiger charge is 2.13. The second kappa shape index (κ2) is 6.05. The van der Waals surface area contributed by atoms with Crippen molar-refractivity contribution in [3.05, 3.63) is 34.5 Å². The van der Waals surface area contributed by atoms with Crippen molar-refractivity contribution in [2.45, 2.75) is 32.4 Å². The minimum absolute atomic E-state index is 0.289. The third kappa shape index (κ3) is 3.78. The van der Waals surface area contributed by atoms with Gasteiger partial charge in [0.1, 0.15) is 0 Å². The van der Waals surface area contributed by atoms with Crippen molar-refractivity contribution in [3.8, 4) is 0 Å². The molecule has 2 nitrogen and oxygen atoms in total. The predicted octanol–water partition coefficient (Wildman–Crippen LogP) is 2.64. The molecule has 0 saturated carbocycles. The first kappa shape index (κ1) is 12.4. The van der Waals surface area contributed by atoms with Gasteiger partial charge in [-0.05, 0) is 37.3 Å². The summed E-state index contributed by atoms with van der Waals surface area (Å²) in [5.41, 5.74) is 1.31. The monoisotopic (exact) mass is 225 g/mol. The van der Waals surface area contributed by atoms with Crippen LogP contribution in [0.3, 0.4) is 0 Å². The molecule has 0 bridgehead atoms. The largest absolute Gasteiger partial charge is 0.392 e. The Bertz CT molecular complexity index is 306. The van der Waals surface area contributed by atoms with E-state index in [1.54, 1.807) is 18.3 Å². The molecule has 1 rings (SSSR count). The molecule has 2 N–H and O–H groups in total. The van der Waals surface area contributed by atoms with E-state index in [1.165, 1.54) is 10.4 Å². The van der Waals surface area contributed by atoms with E-state index >= 15 is 0 Å². The Morgan fingerprint density at radius 2 is 2.40 bits per heavy atom. The molecule has 0 saturated heterocycles. The first-order valence-electron chi connectivity index (χ1n) is 5.21. The summed E-state index contributed by atoms with van der Waals surface area (Å²) < 4.78 is 0. The summed E-state index contributed by atoms with van der Waals surface area (Å²) in [6, 6.07) is 2.41. The first-order valence-corrected chi connectivity index (χ1v) is 6.09. The van der Waals surface area contributed by atoms with E-state index in [0.29, 0.717) is 6.54 Å². The van der Waals surface area contributed by atoms with Crippen LogP contribution in [0.1, 0.15) is 29.8 Å². The van der Waals surface area contributed by atoms with Crippen LogP contribution < -0.4 is 5.32 Å². The highest BCUT2D eigenvalue weighted by Crippen LogP contribution is 2.26. The molecule has 3 heteroatoms. The summed E-state index contributed by atoms with van der Waals surface area (Å²) in [6.07, 6.45) is 2.50. The van der Waals surface area contributed by atoms with E-state index < -0.39 is 0 Å². The molecule has 0 amide bonds. The number of aryl methyl sites for hydroxylation is 1. The maximum Gasteiger partial charge on any atom is 0.0636 e. The zero-order chi connectivity index (χ0) is 11.3. The summed E-state index contributed by atoms with van der Waals surface area (Å²) in [5, 5.41) is 14.7. The van der Waals surface area contributed by atoms with Crippen LogP contribution in [0, 0.1) is 6.92 Å². The second-order valence-electron chi connectivity index (χ2n) is 3.80. The molecule has 1 heterocycles. The average Bonchev–Trinajstić information content (AvgIpc) is 2.59. The molecule has 2 unspecified atom stereocenters. The van der Waals surface area contributed by atoms with Gasteiger partial charge in [0.25, 0.3) is 0 Å². The van der Waals surface area contributed by atoms with Crippen LogP contribution in [0.15, 0.2) is 24.1 Å². The number of aliphatic hydroxyl groups is 1. The Morgan fingerprint density at radius 1 is 1.67 bits per heavy atom. The van der Waals surface area contributed by atoms with Gasteiger partial charge < -0.3 is 10.4 Å². The Morgan fingerprint density at radius 3 is 2.87 bits per heavy atom. The number of aliphatic hydroxyl groups excluding tert-OH is 1. The van der Waals surface area contributed by atoms with Crippen molar-refractivity contribution in [1.82, 2.24) is 5.32 Å². The summed E-state index contributed by atoms with van der Waals surface area (Å²) in [5.74, 6) is 0. The smallest absolute Gasteiger partial charge is 0.0636 e. The molecule has 0 fully saturated rings. The molecule has 0 spiro atoms. The molecule has 84 valence electrons. The lowest BCUT2D eigenvalue weighted by atomic mass is 10.1. The molecular formula is C12H19NOS. The van der Waals surface area contributed by atoms with Crippen molar-refractivity contribution in [3.63, 3.8) is 0 Å². The maximum absolute atomic E-state index is 9.25. The van der Waals surface area contributed by atoms with Crippen molar-refractivity contribution in [2.75, 3.05) is 6.54 Å². The zero-order valence-electron chi connectivity index (χ0n) is 9.36. The standard InChI is InChI=1S/C12H19NOS/c1-4-5-11(13-8-10(3)14)12-9(2)6-7-15-12/h4,6-7,10-11,13-14H,1,5,8H2,2-3H3. The Hall–Kier alpha value is -0.640. The van der Waals surface area contributed by atoms with E-state index in [0.717, 1.165) is 6.42 Å². The molecule has 2 atom stereocenters. The Kier molecular flexibility index (Phi) is 5.02. The maximum atomic E-state index is 9.25. The molecule has 15 heavy (non-hydrogen) atoms. The van der Waals surface area contributed by atoms with E-state index in [4.69, 9.17) is 0 Å². The minimum atomic E-state index is -0.308. The lowest BCUT2D eigenvalue weighted by Gasteiger charge is -2.18. The highest BCUT2D eigenvalue weighted by atomic mass is 32.1. The second-order valence-corrected chi connectivity index (χ2v) is 4.75. The van der Waals surface area contributed by atoms with Crippen LogP contribution in [0.4, 0.5) is 0 Å². The summed E-state index contributed by atoms with van der Waals surface area (Å²) >= 11 is 1.76. The van der Waals surface area contributed by atoms with Gasteiger partial charge in [-0.25, -0.2) is 0 Å². The van der Waals surface area contributed by atoms with E-state index in [1.807, 2.05) is 6.08 Å². The molecule has 0 aliphatic heterocycles. The molecular weight excluding hydrogens is 206 g/mol. The SMILES string of the molecule is C=CCC(NCC(C)O)c1sccc1C. The summed E-state index contributed by atoms with van der Waals surface area (Å²) in [4.78, 5) is 1.34. The molecule has 1 aromatic rings. The average molecular weight is 225 g/mol. The zero-order valence-corrected chi connectivity index (χ0v) is 10.2. The van der Waals surface area contributed by atoms with Crippen molar-refractivity contribution < 1.29 is 5.11 Å². The van der Waals surface area contributed by atoms with Gasteiger partial charge in [0.15, 0.2) is 0 Å². The van der Waals surface area contributed by atoms with E-state index in [2.05, 4.69) is 30.3 Å². The van der Waals surface area contributed by atoms with Gasteiger partial charge in [-0.3, -0.25) is 0 Å². The van der Waals surface area contributed by atoms with Gasteiger partial charge >= 0.3 is 0 Å². The molecule has 0 radical (unpaired) electrons. The quantitative estimate of drug-likeness (QED) is 0.729. The van der Waals surface area contributed by atoms with Gasteiger partial charge in [-0.15, -0.1) is 17.9 Å². The van der Waals surface area contributed by atoms with Crippen LogP contribution in [0.5, 0.6) is 0 Å². The minimum Gasteiger partial charge on any atom is -0.392 e. The number of hydrogen-bond acceptors (Lipinski definition) is 3. The van der Waals surface area contributed by atoms with Crippen LogP contribution in [0.2, 0.25) is 0 Å². The lowest BCUT2D eigenvalue weighted by Crippen LogP contribution is -2.28. The Labute approximate surface area is 95.6 Å². The summed E-state index contributed by atoms with van der Waals surface area (Å²) in [7, 11) is 0. The van der Waals surface area contributed by atoms with Gasteiger partial charge in [0.05, 0.1) is 6.10 Å². The van der Waals surface area contributed by atoms with Gasteiger partial charge in [-0.2, -0.15) is 0 Å². The van der Waals surface area contributed by atoms with Crippen molar-refractivity contribution in [2.24, 2.45) is 0 Å². The Balaban J connectivity index is 2.65. The molecule has 0 aromatic carbocycles. The molecule has 0 aliphatic rings. The van der Waals surface area contributed by atoms with Gasteiger partial charge in [0, 0.05) is 17.5 Å². The summed E-state index contributed by atoms with van der Waals surface area (Å²) in [6.45, 7) is 8.30. The van der Waals surface area contributed by atoms with Crippen LogP contribution in [-0.4, -0.2) is 17.8 Å². The van der Waals surface area contributed by atoms with Crippen molar-refractivity contribution >= 4 is 11.3 Å². The van der Waals surface area contributed by atoms with Crippen LogP contribution in [-0.2, 0) is 0 Å². The highest BCUT2D eigenvalue weighted by molar-refractivity contribution is 7.10. The fourth-order valence-electron chi connectivity index (χ4n) is 1.50. The number of hydrogen-bond donors (Lipinski definition) is 2. The fraction of sp³-hybridized carbons (Fsp3) is 0.500. The number of rotatable bonds is 6. The first-order chi connectivity index (χ1) is 7.15. The lowest BCUT2D eigenvalue weighted by molar-refractivity contribution is 0.186. The normalized spacial score (nSPS) is 14.9. The van der Waals surface area contributed by atoms with Crippen LogP contribution in [0.25, 0.3) is 0 Å². The third-order valence-electron chi connectivity index (χ3n) is 2.28. The number of thiophene rings is 1. The molecule has 0 aliphatic carbocycles. The van der Waals surface area contributed by atoms with Gasteiger partial charge in [0.2, 0.25) is 0 Å². The fourth-order valence-corrected chi connectivity index (χ4v) is 2.52. The van der Waals surface area contributed by atoms with Crippen molar-refractivity contribution in [1.29, 1.82) is 0 Å². The topological polar surface area (TPSA) is 32.3 Å². The third-order valence-corrected chi connectivity index (χ3v) is 3.41. The molecule has 1 aromatic heterocycles.